The van der Waals surface area contributed by atoms with E-state index in [1.807, 2.05) is 39.4 Å². The van der Waals surface area contributed by atoms with Gasteiger partial charge in [-0.1, -0.05) is 29.8 Å². The highest BCUT2D eigenvalue weighted by molar-refractivity contribution is 7.11. The Morgan fingerprint density at radius 1 is 1.20 bits per heavy atom. The van der Waals surface area contributed by atoms with E-state index in [0.29, 0.717) is 61.2 Å². The lowest BCUT2D eigenvalue weighted by atomic mass is 9.95. The highest BCUT2D eigenvalue weighted by Gasteiger charge is 2.42. The van der Waals surface area contributed by atoms with Crippen LogP contribution in [0.4, 0.5) is 10.1 Å². The number of hydrogen-bond donors (Lipinski definition) is 3. The van der Waals surface area contributed by atoms with Gasteiger partial charge < -0.3 is 25.2 Å². The van der Waals surface area contributed by atoms with E-state index >= 15 is 0 Å². The number of hydrogen-bond acceptors (Lipinski definition) is 11. The predicted octanol–water partition coefficient (Wildman–Crippen LogP) is 3.25. The van der Waals surface area contributed by atoms with Crippen molar-refractivity contribution in [3.8, 4) is 0 Å². The van der Waals surface area contributed by atoms with Crippen molar-refractivity contribution in [1.29, 1.82) is 0 Å². The minimum absolute atomic E-state index is 0.00312. The number of aliphatic hydroxyl groups is 1. The smallest absolute Gasteiger partial charge is 0.338 e. The molecule has 11 nitrogen and oxygen atoms in total. The molecule has 2 fully saturated rings. The van der Waals surface area contributed by atoms with Crippen LogP contribution in [0.1, 0.15) is 28.6 Å². The summed E-state index contributed by atoms with van der Waals surface area (Å²) in [6, 6.07) is 10.8. The lowest BCUT2D eigenvalue weighted by Gasteiger charge is -2.39. The van der Waals surface area contributed by atoms with Crippen LogP contribution in [-0.4, -0.2) is 95.0 Å². The summed E-state index contributed by atoms with van der Waals surface area (Å²) in [7, 11) is 1.31. The number of thiazole rings is 1. The molecule has 0 bridgehead atoms. The summed E-state index contributed by atoms with van der Waals surface area (Å²) in [6.07, 6.45) is 1.30. The Morgan fingerprint density at radius 3 is 2.78 bits per heavy atom. The number of carboxylic acid groups (broad SMARTS) is 1. The van der Waals surface area contributed by atoms with Gasteiger partial charge in [0, 0.05) is 78.7 Å². The fourth-order valence-electron chi connectivity index (χ4n) is 6.12. The Morgan fingerprint density at radius 2 is 2.04 bits per heavy atom. The summed E-state index contributed by atoms with van der Waals surface area (Å²) in [5.74, 6) is -1.45. The van der Waals surface area contributed by atoms with Gasteiger partial charge in [0.2, 0.25) is 0 Å². The molecule has 14 heteroatoms. The van der Waals surface area contributed by atoms with Crippen molar-refractivity contribution in [3.63, 3.8) is 0 Å². The largest absolute Gasteiger partial charge is 0.481 e. The first kappa shape index (κ1) is 31.1. The van der Waals surface area contributed by atoms with Gasteiger partial charge in [0.1, 0.15) is 11.9 Å². The molecule has 0 aliphatic carbocycles. The molecule has 236 valence electrons. The lowest BCUT2D eigenvalue weighted by Crippen LogP contribution is -2.54. The number of nitrogens with zero attached hydrogens (tertiary/aromatic N) is 5. The van der Waals surface area contributed by atoms with Crippen molar-refractivity contribution in [2.75, 3.05) is 44.7 Å². The molecule has 4 heterocycles. The van der Waals surface area contributed by atoms with Gasteiger partial charge in [0.25, 0.3) is 0 Å². The SMILES string of the molecule is COC(=O)C1=C(CN2CCN3C(O)N(c4cccc(CCC(=O)O)c4)C[C@@H]3C2)NC(c2nccs2)=N[C@H]1c1ccc(F)cc1Cl. The molecular weight excluding hydrogens is 623 g/mol. The van der Waals surface area contributed by atoms with Gasteiger partial charge in [-0.15, -0.1) is 11.3 Å². The van der Waals surface area contributed by atoms with Crippen LogP contribution in [0, 0.1) is 5.82 Å². The molecule has 0 amide bonds. The zero-order chi connectivity index (χ0) is 31.7. The number of fused-ring (bicyclic) bond motifs is 1. The summed E-state index contributed by atoms with van der Waals surface area (Å²) in [5.41, 5.74) is 3.06. The van der Waals surface area contributed by atoms with Crippen LogP contribution in [-0.2, 0) is 20.7 Å². The Balaban J connectivity index is 1.26. The fourth-order valence-corrected chi connectivity index (χ4v) is 6.97. The number of carbonyl (C=O) groups is 2. The summed E-state index contributed by atoms with van der Waals surface area (Å²) in [5, 5.41) is 26.3. The van der Waals surface area contributed by atoms with Gasteiger partial charge in [0.05, 0.1) is 12.7 Å². The van der Waals surface area contributed by atoms with Crippen LogP contribution >= 0.6 is 22.9 Å². The summed E-state index contributed by atoms with van der Waals surface area (Å²) < 4.78 is 19.2. The number of amidine groups is 1. The second kappa shape index (κ2) is 13.2. The third-order valence-electron chi connectivity index (χ3n) is 8.27. The van der Waals surface area contributed by atoms with Gasteiger partial charge in [-0.25, -0.2) is 14.2 Å². The van der Waals surface area contributed by atoms with Crippen molar-refractivity contribution < 1.29 is 28.9 Å². The molecular formula is C31H32ClFN6O5S. The molecule has 0 spiro atoms. The highest BCUT2D eigenvalue weighted by Crippen LogP contribution is 2.37. The number of piperazine rings is 1. The third kappa shape index (κ3) is 6.58. The monoisotopic (exact) mass is 654 g/mol. The number of aliphatic imine (C=N–C) groups is 1. The summed E-state index contributed by atoms with van der Waals surface area (Å²) in [4.78, 5) is 39.7. The van der Waals surface area contributed by atoms with E-state index in [1.165, 1.54) is 36.6 Å². The predicted molar refractivity (Wildman–Crippen MR) is 168 cm³/mol. The molecule has 45 heavy (non-hydrogen) atoms. The van der Waals surface area contributed by atoms with Gasteiger partial charge in [-0.2, -0.15) is 0 Å². The normalized spacial score (nSPS) is 22.2. The number of aryl methyl sites for hydroxylation is 1. The van der Waals surface area contributed by atoms with Crippen LogP contribution in [0.5, 0.6) is 0 Å². The van der Waals surface area contributed by atoms with Crippen LogP contribution < -0.4 is 10.2 Å². The van der Waals surface area contributed by atoms with Crippen LogP contribution in [0.25, 0.3) is 0 Å². The number of nitrogens with one attached hydrogen (secondary N) is 1. The summed E-state index contributed by atoms with van der Waals surface area (Å²) >= 11 is 7.87. The molecule has 0 radical (unpaired) electrons. The summed E-state index contributed by atoms with van der Waals surface area (Å²) in [6.45, 7) is 2.73. The molecule has 3 aliphatic rings. The number of halogens is 2. The number of benzene rings is 2. The maximum Gasteiger partial charge on any atom is 0.338 e. The van der Waals surface area contributed by atoms with E-state index in [9.17, 15) is 19.1 Å². The number of anilines is 1. The van der Waals surface area contributed by atoms with Gasteiger partial charge in [0.15, 0.2) is 17.2 Å². The fraction of sp³-hybridized carbons (Fsp3) is 0.355. The van der Waals surface area contributed by atoms with E-state index in [1.54, 1.807) is 6.20 Å². The third-order valence-corrected chi connectivity index (χ3v) is 9.38. The van der Waals surface area contributed by atoms with Gasteiger partial charge in [-0.05, 0) is 36.2 Å². The van der Waals surface area contributed by atoms with Crippen molar-refractivity contribution in [3.05, 3.63) is 92.3 Å². The number of esters is 1. The molecule has 3 aromatic rings. The van der Waals surface area contributed by atoms with E-state index in [0.717, 1.165) is 11.3 Å². The van der Waals surface area contributed by atoms with Crippen molar-refractivity contribution in [1.82, 2.24) is 20.1 Å². The maximum absolute atomic E-state index is 14.0. The second-order valence-corrected chi connectivity index (χ2v) is 12.4. The Bertz CT molecular complexity index is 1650. The molecule has 3 atom stereocenters. The molecule has 1 aromatic heterocycles. The highest BCUT2D eigenvalue weighted by atomic mass is 35.5. The molecule has 3 N–H and O–H groups in total. The number of ether oxygens (including phenoxy) is 1. The second-order valence-electron chi connectivity index (χ2n) is 11.1. The Labute approximate surface area is 268 Å². The zero-order valence-electron chi connectivity index (χ0n) is 24.4. The molecule has 1 unspecified atom stereocenters. The van der Waals surface area contributed by atoms with Crippen LogP contribution in [0.3, 0.4) is 0 Å². The average molecular weight is 655 g/mol. The number of carboxylic acids is 1. The van der Waals surface area contributed by atoms with Crippen molar-refractivity contribution in [2.24, 2.45) is 4.99 Å². The number of methoxy groups -OCH3 is 1. The van der Waals surface area contributed by atoms with Crippen LogP contribution in [0.15, 0.2) is 70.3 Å². The first-order valence-electron chi connectivity index (χ1n) is 14.5. The van der Waals surface area contributed by atoms with E-state index < -0.39 is 30.1 Å². The molecule has 2 saturated heterocycles. The van der Waals surface area contributed by atoms with Crippen LogP contribution in [0.2, 0.25) is 5.02 Å². The Kier molecular flexibility index (Phi) is 9.15. The Hall–Kier alpha value is -3.88. The number of carbonyl (C=O) groups excluding carboxylic acids is 1. The van der Waals surface area contributed by atoms with E-state index in [4.69, 9.17) is 26.4 Å². The molecule has 0 saturated carbocycles. The quantitative estimate of drug-likeness (QED) is 0.296. The first-order chi connectivity index (χ1) is 21.7. The number of rotatable bonds is 9. The zero-order valence-corrected chi connectivity index (χ0v) is 26.0. The molecule has 3 aliphatic heterocycles. The molecule has 6 rings (SSSR count). The first-order valence-corrected chi connectivity index (χ1v) is 15.7. The molecule has 2 aromatic carbocycles. The number of aliphatic carboxylic acids is 1. The number of aromatic nitrogens is 1. The average Bonchev–Trinajstić information content (AvgIpc) is 3.68. The van der Waals surface area contributed by atoms with E-state index in [-0.39, 0.29) is 23.1 Å². The van der Waals surface area contributed by atoms with Crippen molar-refractivity contribution in [2.45, 2.75) is 31.3 Å². The minimum atomic E-state index is -0.853. The van der Waals surface area contributed by atoms with Gasteiger partial charge in [-0.3, -0.25) is 19.6 Å². The number of aliphatic hydroxyl groups excluding tert-OH is 1. The van der Waals surface area contributed by atoms with Crippen molar-refractivity contribution >= 4 is 46.4 Å². The van der Waals surface area contributed by atoms with E-state index in [2.05, 4.69) is 15.2 Å². The van der Waals surface area contributed by atoms with Gasteiger partial charge >= 0.3 is 11.9 Å². The standard InChI is InChI=1S/C31H32ClFN6O5S/c1-44-30(42)26-24(35-28(29-34-9-12-45-29)36-27(26)22-7-6-19(33)14-23(22)32)17-37-10-11-38-21(15-37)16-39(31(38)43)20-4-2-3-18(13-20)5-8-25(40)41/h2-4,6-7,9,12-14,21,27,31,43H,5,8,10-11,15-17H2,1H3,(H,35,36)(H,40,41)/t21-,27-,31?/m0/s1. The minimum Gasteiger partial charge on any atom is -0.481 e. The topological polar surface area (TPSA) is 131 Å². The lowest BCUT2D eigenvalue weighted by molar-refractivity contribution is -0.137. The maximum atomic E-state index is 14.0.